The van der Waals surface area contributed by atoms with Gasteiger partial charge in [0.05, 0.1) is 24.9 Å². The summed E-state index contributed by atoms with van der Waals surface area (Å²) in [5.74, 6) is 0.00256. The van der Waals surface area contributed by atoms with Crippen LogP contribution in [0.5, 0.6) is 0 Å². The molecular formula is C15H23N3O2S. The number of likely N-dealkylation sites (N-methyl/N-ethyl adjacent to an activating group) is 1. The minimum absolute atomic E-state index is 0.00256. The van der Waals surface area contributed by atoms with Crippen LogP contribution in [0.4, 0.5) is 5.69 Å². The molecule has 0 spiro atoms. The van der Waals surface area contributed by atoms with Gasteiger partial charge in [0, 0.05) is 24.5 Å². The van der Waals surface area contributed by atoms with Crippen molar-refractivity contribution in [3.8, 4) is 0 Å². The van der Waals surface area contributed by atoms with Crippen LogP contribution in [-0.2, 0) is 9.53 Å². The molecule has 0 bridgehead atoms. The van der Waals surface area contributed by atoms with Crippen LogP contribution in [-0.4, -0.2) is 63.0 Å². The van der Waals surface area contributed by atoms with E-state index < -0.39 is 0 Å². The third-order valence-electron chi connectivity index (χ3n) is 3.31. The van der Waals surface area contributed by atoms with Crippen LogP contribution in [0.1, 0.15) is 0 Å². The van der Waals surface area contributed by atoms with Crippen LogP contribution in [0.2, 0.25) is 0 Å². The van der Waals surface area contributed by atoms with Crippen molar-refractivity contribution >= 4 is 23.4 Å². The van der Waals surface area contributed by atoms with E-state index in [-0.39, 0.29) is 12.0 Å². The molecule has 2 rings (SSSR count). The number of carbonyl (C=O) groups excluding carboxylic acids is 1. The largest absolute Gasteiger partial charge is 0.374 e. The van der Waals surface area contributed by atoms with Crippen LogP contribution in [0.3, 0.4) is 0 Å². The lowest BCUT2D eigenvalue weighted by Crippen LogP contribution is -2.45. The highest BCUT2D eigenvalue weighted by molar-refractivity contribution is 7.98. The maximum Gasteiger partial charge on any atom is 0.238 e. The summed E-state index contributed by atoms with van der Waals surface area (Å²) < 4.78 is 5.65. The van der Waals surface area contributed by atoms with E-state index in [0.29, 0.717) is 6.54 Å². The summed E-state index contributed by atoms with van der Waals surface area (Å²) in [6.45, 7) is 3.62. The van der Waals surface area contributed by atoms with E-state index in [0.717, 1.165) is 36.8 Å². The molecule has 21 heavy (non-hydrogen) atoms. The first kappa shape index (κ1) is 16.3. The number of amides is 1. The number of nitrogens with zero attached hydrogens (tertiary/aromatic N) is 1. The Balaban J connectivity index is 1.80. The van der Waals surface area contributed by atoms with Gasteiger partial charge in [-0.25, -0.2) is 0 Å². The zero-order valence-electron chi connectivity index (χ0n) is 12.6. The Morgan fingerprint density at radius 3 is 3.05 bits per heavy atom. The molecule has 0 radical (unpaired) electrons. The number of hydrogen-bond acceptors (Lipinski definition) is 5. The predicted molar refractivity (Wildman–Crippen MR) is 87.0 cm³/mol. The van der Waals surface area contributed by atoms with E-state index in [1.165, 1.54) is 0 Å². The fourth-order valence-electron chi connectivity index (χ4n) is 2.33. The summed E-state index contributed by atoms with van der Waals surface area (Å²) in [4.78, 5) is 15.2. The number of para-hydroxylation sites is 1. The van der Waals surface area contributed by atoms with E-state index in [9.17, 15) is 4.79 Å². The quantitative estimate of drug-likeness (QED) is 0.775. The number of nitrogens with one attached hydrogen (secondary N) is 2. The van der Waals surface area contributed by atoms with E-state index >= 15 is 0 Å². The fraction of sp³-hybridized carbons (Fsp3) is 0.533. The van der Waals surface area contributed by atoms with E-state index in [2.05, 4.69) is 10.6 Å². The van der Waals surface area contributed by atoms with Gasteiger partial charge in [-0.1, -0.05) is 12.1 Å². The Morgan fingerprint density at radius 2 is 2.33 bits per heavy atom. The van der Waals surface area contributed by atoms with Crippen molar-refractivity contribution in [1.29, 1.82) is 0 Å². The van der Waals surface area contributed by atoms with Gasteiger partial charge in [0.15, 0.2) is 0 Å². The molecule has 5 nitrogen and oxygen atoms in total. The van der Waals surface area contributed by atoms with Crippen LogP contribution < -0.4 is 10.6 Å². The molecule has 1 aromatic rings. The van der Waals surface area contributed by atoms with E-state index in [1.54, 1.807) is 11.8 Å². The minimum Gasteiger partial charge on any atom is -0.374 e. The van der Waals surface area contributed by atoms with Crippen molar-refractivity contribution in [2.45, 2.75) is 11.0 Å². The van der Waals surface area contributed by atoms with Gasteiger partial charge in [-0.05, 0) is 25.4 Å². The topological polar surface area (TPSA) is 53.6 Å². The standard InChI is InChI=1S/C15H23N3O2S/c1-18(10-12-9-16-7-8-20-12)11-15(19)17-13-5-3-4-6-14(13)21-2/h3-6,12,16H,7-11H2,1-2H3,(H,17,19). The number of morpholine rings is 1. The monoisotopic (exact) mass is 309 g/mol. The molecule has 0 aliphatic carbocycles. The summed E-state index contributed by atoms with van der Waals surface area (Å²) >= 11 is 1.63. The number of ether oxygens (including phenoxy) is 1. The van der Waals surface area contributed by atoms with Gasteiger partial charge in [0.2, 0.25) is 5.91 Å². The molecule has 1 aromatic carbocycles. The lowest BCUT2D eigenvalue weighted by Gasteiger charge is -2.27. The normalized spacial score (nSPS) is 18.7. The van der Waals surface area contributed by atoms with Crippen LogP contribution >= 0.6 is 11.8 Å². The van der Waals surface area contributed by atoms with Crippen molar-refractivity contribution in [3.63, 3.8) is 0 Å². The first-order chi connectivity index (χ1) is 10.2. The molecule has 0 saturated carbocycles. The van der Waals surface area contributed by atoms with Crippen LogP contribution in [0.15, 0.2) is 29.2 Å². The second kappa shape index (κ2) is 8.38. The number of benzene rings is 1. The Kier molecular flexibility index (Phi) is 6.50. The highest BCUT2D eigenvalue weighted by atomic mass is 32.2. The SMILES string of the molecule is CSc1ccccc1NC(=O)CN(C)CC1CNCCO1. The zero-order chi connectivity index (χ0) is 15.1. The average molecular weight is 309 g/mol. The lowest BCUT2D eigenvalue weighted by atomic mass is 10.3. The number of rotatable bonds is 6. The highest BCUT2D eigenvalue weighted by Crippen LogP contribution is 2.24. The number of thioether (sulfide) groups is 1. The van der Waals surface area contributed by atoms with Crippen molar-refractivity contribution in [1.82, 2.24) is 10.2 Å². The minimum atomic E-state index is 0.00256. The molecule has 116 valence electrons. The van der Waals surface area contributed by atoms with Gasteiger partial charge in [-0.3, -0.25) is 9.69 Å². The third kappa shape index (κ3) is 5.32. The third-order valence-corrected chi connectivity index (χ3v) is 4.11. The van der Waals surface area contributed by atoms with Gasteiger partial charge in [0.25, 0.3) is 0 Å². The fourth-order valence-corrected chi connectivity index (χ4v) is 2.89. The van der Waals surface area contributed by atoms with Gasteiger partial charge in [0.1, 0.15) is 0 Å². The molecule has 1 aliphatic heterocycles. The lowest BCUT2D eigenvalue weighted by molar-refractivity contribution is -0.117. The van der Waals surface area contributed by atoms with Gasteiger partial charge in [-0.15, -0.1) is 11.8 Å². The second-order valence-corrected chi connectivity index (χ2v) is 5.99. The molecular weight excluding hydrogens is 286 g/mol. The molecule has 1 atom stereocenters. The molecule has 6 heteroatoms. The molecule has 2 N–H and O–H groups in total. The molecule has 1 saturated heterocycles. The maximum atomic E-state index is 12.1. The Hall–Kier alpha value is -1.08. The smallest absolute Gasteiger partial charge is 0.238 e. The maximum absolute atomic E-state index is 12.1. The highest BCUT2D eigenvalue weighted by Gasteiger charge is 2.17. The number of carbonyl (C=O) groups is 1. The molecule has 1 unspecified atom stereocenters. The first-order valence-electron chi connectivity index (χ1n) is 7.13. The van der Waals surface area contributed by atoms with Gasteiger partial charge >= 0.3 is 0 Å². The Labute approximate surface area is 130 Å². The van der Waals surface area contributed by atoms with Crippen LogP contribution in [0.25, 0.3) is 0 Å². The van der Waals surface area contributed by atoms with Crippen LogP contribution in [0, 0.1) is 0 Å². The Bertz CT molecular complexity index is 464. The predicted octanol–water partition coefficient (Wildman–Crippen LogP) is 1.27. The van der Waals surface area contributed by atoms with E-state index in [1.807, 2.05) is 42.5 Å². The summed E-state index contributed by atoms with van der Waals surface area (Å²) in [6, 6.07) is 7.84. The number of anilines is 1. The molecule has 1 amide bonds. The molecule has 1 fully saturated rings. The van der Waals surface area contributed by atoms with Crippen molar-refractivity contribution in [2.24, 2.45) is 0 Å². The molecule has 1 aliphatic rings. The second-order valence-electron chi connectivity index (χ2n) is 5.14. The summed E-state index contributed by atoms with van der Waals surface area (Å²) in [6.07, 6.45) is 2.17. The molecule has 1 heterocycles. The van der Waals surface area contributed by atoms with Crippen molar-refractivity contribution in [3.05, 3.63) is 24.3 Å². The first-order valence-corrected chi connectivity index (χ1v) is 8.35. The van der Waals surface area contributed by atoms with Crippen molar-refractivity contribution in [2.75, 3.05) is 51.4 Å². The van der Waals surface area contributed by atoms with Crippen molar-refractivity contribution < 1.29 is 9.53 Å². The summed E-state index contributed by atoms with van der Waals surface area (Å²) in [5.41, 5.74) is 0.874. The number of hydrogen-bond donors (Lipinski definition) is 2. The van der Waals surface area contributed by atoms with Gasteiger partial charge in [-0.2, -0.15) is 0 Å². The Morgan fingerprint density at radius 1 is 1.52 bits per heavy atom. The molecule has 0 aromatic heterocycles. The zero-order valence-corrected chi connectivity index (χ0v) is 13.4. The summed E-state index contributed by atoms with van der Waals surface area (Å²) in [5, 5.41) is 6.27. The average Bonchev–Trinajstić information content (AvgIpc) is 2.48. The van der Waals surface area contributed by atoms with Gasteiger partial charge < -0.3 is 15.4 Å². The summed E-state index contributed by atoms with van der Waals surface area (Å²) in [7, 11) is 1.94. The van der Waals surface area contributed by atoms with E-state index in [4.69, 9.17) is 4.74 Å².